The molecule has 0 spiro atoms. The van der Waals surface area contributed by atoms with Crippen molar-refractivity contribution in [1.82, 2.24) is 4.90 Å². The Kier molecular flexibility index (Phi) is 4.20. The van der Waals surface area contributed by atoms with Crippen molar-refractivity contribution in [3.05, 3.63) is 0 Å². The number of unbranched alkanes of at least 4 members (excludes halogenated alkanes) is 1. The first-order chi connectivity index (χ1) is 6.59. The van der Waals surface area contributed by atoms with E-state index >= 15 is 0 Å². The molecule has 0 aromatic carbocycles. The second-order valence-corrected chi connectivity index (χ2v) is 4.11. The Bertz CT molecular complexity index is 232. The number of halogens is 1. The highest BCUT2D eigenvalue weighted by Crippen LogP contribution is 2.16. The maximum Gasteiger partial charge on any atom is 0.303 e. The van der Waals surface area contributed by atoms with Crippen LogP contribution in [0.15, 0.2) is 0 Å². The number of carbonyl (C=O) groups is 2. The molecule has 4 nitrogen and oxygen atoms in total. The Morgan fingerprint density at radius 3 is 2.79 bits per heavy atom. The highest BCUT2D eigenvalue weighted by Gasteiger charge is 2.27. The lowest BCUT2D eigenvalue weighted by Crippen LogP contribution is -2.26. The standard InChI is InChI=1S/C9H14ClNO3/c10-7-5-8(12)11(6-7)4-2-1-3-9(13)14/h7H,1-6H2,(H,13,14). The molecule has 5 heteroatoms. The van der Waals surface area contributed by atoms with Gasteiger partial charge in [0.1, 0.15) is 0 Å². The summed E-state index contributed by atoms with van der Waals surface area (Å²) in [5.41, 5.74) is 0. The van der Waals surface area contributed by atoms with Crippen LogP contribution in [0.25, 0.3) is 0 Å². The van der Waals surface area contributed by atoms with Crippen molar-refractivity contribution < 1.29 is 14.7 Å². The fourth-order valence-electron chi connectivity index (χ4n) is 1.52. The molecule has 1 aliphatic rings. The SMILES string of the molecule is O=C(O)CCCCN1CC(Cl)CC1=O. The van der Waals surface area contributed by atoms with Crippen molar-refractivity contribution in [1.29, 1.82) is 0 Å². The zero-order valence-corrected chi connectivity index (χ0v) is 8.66. The molecule has 0 bridgehead atoms. The van der Waals surface area contributed by atoms with Crippen LogP contribution in [0.3, 0.4) is 0 Å². The molecule has 1 N–H and O–H groups in total. The van der Waals surface area contributed by atoms with Crippen molar-refractivity contribution in [3.8, 4) is 0 Å². The van der Waals surface area contributed by atoms with E-state index < -0.39 is 5.97 Å². The Balaban J connectivity index is 2.13. The Morgan fingerprint density at radius 2 is 2.29 bits per heavy atom. The Hall–Kier alpha value is -0.770. The first kappa shape index (κ1) is 11.3. The van der Waals surface area contributed by atoms with Crippen molar-refractivity contribution in [2.45, 2.75) is 31.1 Å². The molecule has 1 aliphatic heterocycles. The molecule has 1 atom stereocenters. The van der Waals surface area contributed by atoms with Crippen molar-refractivity contribution >= 4 is 23.5 Å². The summed E-state index contributed by atoms with van der Waals surface area (Å²) in [5, 5.41) is 8.33. The maximum atomic E-state index is 11.2. The van der Waals surface area contributed by atoms with Gasteiger partial charge >= 0.3 is 5.97 Å². The van der Waals surface area contributed by atoms with Gasteiger partial charge in [-0.05, 0) is 12.8 Å². The zero-order chi connectivity index (χ0) is 10.6. The lowest BCUT2D eigenvalue weighted by atomic mass is 10.2. The average molecular weight is 220 g/mol. The predicted molar refractivity (Wildman–Crippen MR) is 52.3 cm³/mol. The van der Waals surface area contributed by atoms with Gasteiger partial charge in [0.2, 0.25) is 5.91 Å². The highest BCUT2D eigenvalue weighted by atomic mass is 35.5. The average Bonchev–Trinajstić information content (AvgIpc) is 2.39. The van der Waals surface area contributed by atoms with E-state index in [-0.39, 0.29) is 17.7 Å². The minimum atomic E-state index is -0.784. The van der Waals surface area contributed by atoms with Gasteiger partial charge < -0.3 is 10.0 Å². The van der Waals surface area contributed by atoms with Crippen molar-refractivity contribution in [2.24, 2.45) is 0 Å². The molecule has 0 saturated carbocycles. The number of carbonyl (C=O) groups excluding carboxylic acids is 1. The van der Waals surface area contributed by atoms with Gasteiger partial charge in [0, 0.05) is 25.9 Å². The molecule has 0 aromatic rings. The second kappa shape index (κ2) is 5.20. The normalized spacial score (nSPS) is 21.6. The fourth-order valence-corrected chi connectivity index (χ4v) is 1.82. The van der Waals surface area contributed by atoms with Crippen LogP contribution >= 0.6 is 11.6 Å². The number of rotatable bonds is 5. The summed E-state index contributed by atoms with van der Waals surface area (Å²) in [6.07, 6.45) is 1.94. The second-order valence-electron chi connectivity index (χ2n) is 3.49. The van der Waals surface area contributed by atoms with Crippen LogP contribution in [0, 0.1) is 0 Å². The number of amides is 1. The lowest BCUT2D eigenvalue weighted by Gasteiger charge is -2.14. The van der Waals surface area contributed by atoms with Crippen LogP contribution in [-0.4, -0.2) is 40.3 Å². The highest BCUT2D eigenvalue weighted by molar-refractivity contribution is 6.22. The number of alkyl halides is 1. The van der Waals surface area contributed by atoms with Gasteiger partial charge in [-0.15, -0.1) is 11.6 Å². The molecule has 0 radical (unpaired) electrons. The minimum Gasteiger partial charge on any atom is -0.481 e. The van der Waals surface area contributed by atoms with E-state index in [0.29, 0.717) is 25.9 Å². The number of aliphatic carboxylic acids is 1. The molecule has 1 saturated heterocycles. The number of hydrogen-bond acceptors (Lipinski definition) is 2. The molecule has 0 aromatic heterocycles. The number of carboxylic acids is 1. The van der Waals surface area contributed by atoms with Gasteiger partial charge in [0.25, 0.3) is 0 Å². The third-order valence-corrected chi connectivity index (χ3v) is 2.53. The molecule has 1 heterocycles. The number of carboxylic acid groups (broad SMARTS) is 1. The van der Waals surface area contributed by atoms with E-state index in [1.54, 1.807) is 4.90 Å². The quantitative estimate of drug-likeness (QED) is 0.556. The summed E-state index contributed by atoms with van der Waals surface area (Å²) in [6, 6.07) is 0. The van der Waals surface area contributed by atoms with Gasteiger partial charge in [-0.2, -0.15) is 0 Å². The smallest absolute Gasteiger partial charge is 0.303 e. The fraction of sp³-hybridized carbons (Fsp3) is 0.778. The molecule has 1 unspecified atom stereocenters. The van der Waals surface area contributed by atoms with E-state index in [9.17, 15) is 9.59 Å². The Morgan fingerprint density at radius 1 is 1.57 bits per heavy atom. The van der Waals surface area contributed by atoms with Gasteiger partial charge in [-0.1, -0.05) is 0 Å². The number of nitrogens with zero attached hydrogens (tertiary/aromatic N) is 1. The largest absolute Gasteiger partial charge is 0.481 e. The van der Waals surface area contributed by atoms with Crippen LogP contribution < -0.4 is 0 Å². The van der Waals surface area contributed by atoms with Crippen molar-refractivity contribution in [3.63, 3.8) is 0 Å². The van der Waals surface area contributed by atoms with E-state index in [1.807, 2.05) is 0 Å². The number of likely N-dealkylation sites (tertiary alicyclic amines) is 1. The summed E-state index contributed by atoms with van der Waals surface area (Å²) in [4.78, 5) is 23.2. The minimum absolute atomic E-state index is 0.0676. The van der Waals surface area contributed by atoms with Gasteiger partial charge in [0.05, 0.1) is 5.38 Å². The van der Waals surface area contributed by atoms with E-state index in [0.717, 1.165) is 6.42 Å². The summed E-state index contributed by atoms with van der Waals surface area (Å²) >= 11 is 5.81. The maximum absolute atomic E-state index is 11.2. The molecule has 1 fully saturated rings. The molecular formula is C9H14ClNO3. The molecular weight excluding hydrogens is 206 g/mol. The summed E-state index contributed by atoms with van der Waals surface area (Å²) in [5.74, 6) is -0.701. The van der Waals surface area contributed by atoms with Gasteiger partial charge in [0.15, 0.2) is 0 Å². The molecule has 80 valence electrons. The molecule has 1 amide bonds. The van der Waals surface area contributed by atoms with E-state index in [1.165, 1.54) is 0 Å². The molecule has 14 heavy (non-hydrogen) atoms. The summed E-state index contributed by atoms with van der Waals surface area (Å²) < 4.78 is 0. The topological polar surface area (TPSA) is 57.6 Å². The summed E-state index contributed by atoms with van der Waals surface area (Å²) in [7, 11) is 0. The first-order valence-corrected chi connectivity index (χ1v) is 5.17. The third-order valence-electron chi connectivity index (χ3n) is 2.24. The van der Waals surface area contributed by atoms with E-state index in [2.05, 4.69) is 0 Å². The van der Waals surface area contributed by atoms with Gasteiger partial charge in [-0.3, -0.25) is 9.59 Å². The monoisotopic (exact) mass is 219 g/mol. The third kappa shape index (κ3) is 3.54. The molecule has 0 aliphatic carbocycles. The molecule has 1 rings (SSSR count). The Labute approximate surface area is 87.8 Å². The summed E-state index contributed by atoms with van der Waals surface area (Å²) in [6.45, 7) is 1.24. The lowest BCUT2D eigenvalue weighted by molar-refractivity contribution is -0.137. The van der Waals surface area contributed by atoms with Crippen LogP contribution in [0.4, 0.5) is 0 Å². The zero-order valence-electron chi connectivity index (χ0n) is 7.91. The van der Waals surface area contributed by atoms with Crippen LogP contribution in [0.1, 0.15) is 25.7 Å². The number of hydrogen-bond donors (Lipinski definition) is 1. The first-order valence-electron chi connectivity index (χ1n) is 4.73. The van der Waals surface area contributed by atoms with Gasteiger partial charge in [-0.25, -0.2) is 0 Å². The van der Waals surface area contributed by atoms with Crippen LogP contribution in [0.5, 0.6) is 0 Å². The van der Waals surface area contributed by atoms with Crippen molar-refractivity contribution in [2.75, 3.05) is 13.1 Å². The van der Waals surface area contributed by atoms with Crippen LogP contribution in [-0.2, 0) is 9.59 Å². The predicted octanol–water partition coefficient (Wildman–Crippen LogP) is 1.08. The van der Waals surface area contributed by atoms with Crippen LogP contribution in [0.2, 0.25) is 0 Å². The van der Waals surface area contributed by atoms with E-state index in [4.69, 9.17) is 16.7 Å².